The fourth-order valence-corrected chi connectivity index (χ4v) is 2.85. The largest absolute Gasteiger partial charge is 1.00 e. The molecule has 0 saturated carbocycles. The van der Waals surface area contributed by atoms with Crippen LogP contribution in [0.1, 0.15) is 41.1 Å². The van der Waals surface area contributed by atoms with Gasteiger partial charge in [-0.05, 0) is 48.8 Å². The summed E-state index contributed by atoms with van der Waals surface area (Å²) in [4.78, 5) is 56.5. The Morgan fingerprint density at radius 2 is 1.85 bits per heavy atom. The number of nitrogen functional groups attached to an aromatic ring is 1. The number of anilines is 1. The number of aliphatic carboxylic acids is 2. The Kier molecular flexibility index (Phi) is 8.37. The Balaban J connectivity index is 0.00000361. The van der Waals surface area contributed by atoms with E-state index in [1.165, 1.54) is 29.6 Å². The number of carboxylic acids is 2. The second-order valence-corrected chi connectivity index (χ2v) is 6.34. The van der Waals surface area contributed by atoms with E-state index >= 15 is 0 Å². The molecule has 2 aromatic heterocycles. The van der Waals surface area contributed by atoms with Gasteiger partial charge in [-0.25, -0.2) is 0 Å². The fraction of sp³-hybridized carbons (Fsp3) is 0.250. The molecule has 0 aliphatic carbocycles. The van der Waals surface area contributed by atoms with E-state index in [-0.39, 0.29) is 70.6 Å². The average Bonchev–Trinajstić information content (AvgIpc) is 3.20. The van der Waals surface area contributed by atoms with Crippen LogP contribution in [-0.4, -0.2) is 38.8 Å². The first-order chi connectivity index (χ1) is 16.6. The maximum absolute atomic E-state index is 12.5. The molecule has 0 saturated heterocycles. The van der Waals surface area contributed by atoms with Crippen LogP contribution >= 0.6 is 0 Å². The first-order valence-electron chi connectivity index (χ1n) is 11.3. The number of benzene rings is 1. The molecule has 0 aliphatic heterocycles. The average molecular weight is 476 g/mol. The number of nitrogens with one attached hydrogen (secondary N) is 3. The van der Waals surface area contributed by atoms with Crippen LogP contribution < -0.4 is 85.9 Å². The van der Waals surface area contributed by atoms with E-state index in [1.807, 2.05) is 0 Å². The van der Waals surface area contributed by atoms with Crippen molar-refractivity contribution >= 4 is 34.8 Å². The first kappa shape index (κ1) is 21.4. The van der Waals surface area contributed by atoms with Crippen LogP contribution in [0.15, 0.2) is 35.3 Å². The van der Waals surface area contributed by atoms with Gasteiger partial charge in [0.05, 0.1) is 18.7 Å². The second kappa shape index (κ2) is 12.9. The van der Waals surface area contributed by atoms with Gasteiger partial charge in [0.15, 0.2) is 0 Å². The van der Waals surface area contributed by atoms with Crippen LogP contribution in [0, 0.1) is 0 Å². The van der Waals surface area contributed by atoms with Crippen molar-refractivity contribution in [3.05, 3.63) is 57.5 Å². The predicted molar refractivity (Wildman–Crippen MR) is 105 cm³/mol. The van der Waals surface area contributed by atoms with Crippen molar-refractivity contribution in [2.24, 2.45) is 0 Å². The Morgan fingerprint density at radius 3 is 2.45 bits per heavy atom. The minimum atomic E-state index is -3.98. The number of carbonyl (C=O) groups is 3. The molecule has 1 aromatic carbocycles. The minimum absolute atomic E-state index is 0. The number of nitrogens with two attached hydrogens (primary N) is 1. The van der Waals surface area contributed by atoms with Gasteiger partial charge in [-0.15, -0.1) is 0 Å². The summed E-state index contributed by atoms with van der Waals surface area (Å²) < 4.78 is 37.8. The van der Waals surface area contributed by atoms with Crippen molar-refractivity contribution in [1.29, 1.82) is 0 Å². The molecule has 13 heteroatoms. The van der Waals surface area contributed by atoms with Crippen LogP contribution in [0.25, 0.3) is 11.0 Å². The molecule has 1 atom stereocenters. The van der Waals surface area contributed by atoms with E-state index < -0.39 is 42.2 Å². The van der Waals surface area contributed by atoms with Gasteiger partial charge in [0.1, 0.15) is 5.65 Å². The van der Waals surface area contributed by atoms with Crippen LogP contribution in [0.4, 0.5) is 5.95 Å². The summed E-state index contributed by atoms with van der Waals surface area (Å²) in [5, 5.41) is 24.4. The Bertz CT molecular complexity index is 1420. The summed E-state index contributed by atoms with van der Waals surface area (Å²) in [5.41, 5.74) is 6.58. The van der Waals surface area contributed by atoms with Crippen molar-refractivity contribution in [3.8, 4) is 0 Å². The van der Waals surface area contributed by atoms with Gasteiger partial charge in [0, 0.05) is 23.2 Å². The van der Waals surface area contributed by atoms with E-state index in [1.54, 1.807) is 6.20 Å². The molecule has 2 heterocycles. The van der Waals surface area contributed by atoms with Crippen LogP contribution in [0.2, 0.25) is 0 Å². The number of carbonyl (C=O) groups excluding carboxylic acids is 3. The van der Waals surface area contributed by atoms with Gasteiger partial charge in [-0.3, -0.25) is 14.6 Å². The number of amides is 1. The van der Waals surface area contributed by atoms with E-state index in [9.17, 15) is 29.4 Å². The summed E-state index contributed by atoms with van der Waals surface area (Å²) in [6.45, 7) is 0. The van der Waals surface area contributed by atoms with E-state index in [0.717, 1.165) is 0 Å². The summed E-state index contributed by atoms with van der Waals surface area (Å²) in [6.07, 6.45) is -5.52. The number of aromatic amines is 2. The van der Waals surface area contributed by atoms with Gasteiger partial charge in [-0.1, -0.05) is 12.1 Å². The molecule has 0 fully saturated rings. The number of rotatable bonds is 9. The summed E-state index contributed by atoms with van der Waals surface area (Å²) >= 11 is 0. The molecule has 3 aromatic rings. The Morgan fingerprint density at radius 1 is 1.18 bits per heavy atom. The maximum Gasteiger partial charge on any atom is 1.00 e. The van der Waals surface area contributed by atoms with Gasteiger partial charge in [-0.2, -0.15) is 4.98 Å². The first-order valence-corrected chi connectivity index (χ1v) is 8.82. The van der Waals surface area contributed by atoms with Crippen molar-refractivity contribution in [1.82, 2.24) is 20.3 Å². The molecule has 33 heavy (non-hydrogen) atoms. The molecule has 1 unspecified atom stereocenters. The molecule has 0 bridgehead atoms. The number of carboxylic acid groups (broad SMARTS) is 2. The third-order valence-corrected chi connectivity index (χ3v) is 4.27. The minimum Gasteiger partial charge on any atom is -0.550 e. The molecule has 11 nitrogen and oxygen atoms in total. The van der Waals surface area contributed by atoms with E-state index in [0.29, 0.717) is 35.0 Å². The van der Waals surface area contributed by atoms with Gasteiger partial charge in [0.25, 0.3) is 11.5 Å². The Labute approximate surface area is 239 Å². The number of H-pyrrole nitrogens is 2. The number of fused-ring (bicyclic) bond motifs is 1. The summed E-state index contributed by atoms with van der Waals surface area (Å²) in [5.74, 6) is -6.49. The number of hydrogen-bond acceptors (Lipinski definition) is 8. The van der Waals surface area contributed by atoms with E-state index in [4.69, 9.17) is 12.6 Å². The number of hydrogen-bond donors (Lipinski definition) is 4. The molecular formula is C20H19N5Na2O6. The normalized spacial score (nSPS) is 15.2. The van der Waals surface area contributed by atoms with E-state index in [2.05, 4.69) is 15.0 Å². The smallest absolute Gasteiger partial charge is 0.550 e. The zero-order valence-corrected chi connectivity index (χ0v) is 21.8. The standard InChI is InChI=1S/C20H21N5O6.2Na/c21-20-24-16-15(18(29)25-20)12(9-22-16)6-3-10-1-4-11(5-2-10)17(28)23-13(19(30)31)7-8-14(26)27;;/h1-2,4-5,9,13H,3,6-8H2,(H,23,28)(H,26,27)(H,30,31)(H4,21,22,24,25,29);;/q;2*+1/p-2/i7D2,8D2,13D;;. The van der Waals surface area contributed by atoms with Crippen molar-refractivity contribution in [3.63, 3.8) is 0 Å². The zero-order valence-electron chi connectivity index (χ0n) is 22.8. The van der Waals surface area contributed by atoms with Gasteiger partial charge < -0.3 is 35.8 Å². The zero-order chi connectivity index (χ0) is 27.1. The quantitative estimate of drug-likeness (QED) is 0.218. The predicted octanol–water partition coefficient (Wildman–Crippen LogP) is -8.00. The molecule has 0 aliphatic rings. The van der Waals surface area contributed by atoms with Gasteiger partial charge in [0.2, 0.25) is 5.95 Å². The van der Waals surface area contributed by atoms with Crippen LogP contribution in [-0.2, 0) is 22.4 Å². The monoisotopic (exact) mass is 476 g/mol. The van der Waals surface area contributed by atoms with Crippen LogP contribution in [0.3, 0.4) is 0 Å². The molecule has 3 rings (SSSR count). The molecule has 1 amide bonds. The van der Waals surface area contributed by atoms with Crippen molar-refractivity contribution in [2.45, 2.75) is 31.6 Å². The third kappa shape index (κ3) is 7.70. The van der Waals surface area contributed by atoms with Crippen molar-refractivity contribution in [2.75, 3.05) is 5.73 Å². The second-order valence-electron chi connectivity index (χ2n) is 6.34. The fourth-order valence-electron chi connectivity index (χ4n) is 2.85. The molecule has 5 N–H and O–H groups in total. The SMILES string of the molecule is [2H]C([2H])(C(=O)[O-])C([2H])([2H])C([2H])(NC(=O)c1ccc(CCc2c[nH]c3nc(N)[nH]c(=O)c23)cc1)C(=O)[O-].[Na+].[Na+]. The summed E-state index contributed by atoms with van der Waals surface area (Å²) in [7, 11) is 0. The van der Waals surface area contributed by atoms with Gasteiger partial charge >= 0.3 is 59.1 Å². The molecular weight excluding hydrogens is 452 g/mol. The number of aryl methyl sites for hydroxylation is 2. The maximum atomic E-state index is 12.5. The van der Waals surface area contributed by atoms with Crippen LogP contribution in [0.5, 0.6) is 0 Å². The Hall–Kier alpha value is -2.15. The topological polar surface area (TPSA) is 197 Å². The number of aromatic nitrogens is 3. The number of nitrogens with zero attached hydrogens (tertiary/aromatic N) is 1. The molecule has 0 spiro atoms. The third-order valence-electron chi connectivity index (χ3n) is 4.27. The summed E-state index contributed by atoms with van der Waals surface area (Å²) in [6, 6.07) is 1.65. The molecule has 0 radical (unpaired) electrons. The molecule has 162 valence electrons. The van der Waals surface area contributed by atoms with Crippen molar-refractivity contribution < 1.29 is 90.6 Å².